The number of hydrogen-bond donors (Lipinski definition) is 0. The Morgan fingerprint density at radius 3 is 2.33 bits per heavy atom. The topological polar surface area (TPSA) is 27.0 Å². The van der Waals surface area contributed by atoms with Crippen molar-refractivity contribution in [3.05, 3.63) is 24.0 Å². The minimum atomic E-state index is -4.37. The van der Waals surface area contributed by atoms with Crippen molar-refractivity contribution in [2.75, 3.05) is 7.05 Å². The van der Waals surface area contributed by atoms with Crippen LogP contribution in [0.25, 0.3) is 0 Å². The Balaban J connectivity index is 2.93. The van der Waals surface area contributed by atoms with Crippen molar-refractivity contribution >= 4 is 5.69 Å². The van der Waals surface area contributed by atoms with Crippen molar-refractivity contribution in [3.63, 3.8) is 0 Å². The van der Waals surface area contributed by atoms with Gasteiger partial charge in [0.15, 0.2) is 0 Å². The van der Waals surface area contributed by atoms with Crippen LogP contribution < -0.4 is 5.32 Å². The highest BCUT2D eigenvalue weighted by atomic mass is 19.4. The number of alkyl halides is 3. The third kappa shape index (κ3) is 1.87. The second-order valence-corrected chi connectivity index (χ2v) is 2.12. The van der Waals surface area contributed by atoms with Gasteiger partial charge in [-0.2, -0.15) is 13.2 Å². The molecular weight excluding hydrogens is 169 g/mol. The summed E-state index contributed by atoms with van der Waals surface area (Å²) in [5.41, 5.74) is -0.460. The summed E-state index contributed by atoms with van der Waals surface area (Å²) in [5, 5.41) is 3.66. The van der Waals surface area contributed by atoms with Gasteiger partial charge in [0.1, 0.15) is 5.69 Å². The van der Waals surface area contributed by atoms with Gasteiger partial charge in [-0.05, 0) is 12.1 Å². The molecule has 1 radical (unpaired) electrons. The molecule has 0 N–H and O–H groups in total. The van der Waals surface area contributed by atoms with Gasteiger partial charge in [0.2, 0.25) is 0 Å². The Kier molecular flexibility index (Phi) is 2.21. The Bertz CT molecular complexity index is 252. The summed E-state index contributed by atoms with van der Waals surface area (Å²) in [7, 11) is 1.49. The maximum Gasteiger partial charge on any atom is 0.433 e. The first kappa shape index (κ1) is 8.83. The fraction of sp³-hybridized carbons (Fsp3) is 0.286. The van der Waals surface area contributed by atoms with Crippen molar-refractivity contribution < 1.29 is 13.2 Å². The highest BCUT2D eigenvalue weighted by Crippen LogP contribution is 2.27. The van der Waals surface area contributed by atoms with Crippen molar-refractivity contribution in [1.82, 2.24) is 10.3 Å². The SMILES string of the molecule is C[N]c1ccc(C(F)(F)F)nc1. The number of nitrogens with zero attached hydrogens (tertiary/aromatic N) is 2. The highest BCUT2D eigenvalue weighted by Gasteiger charge is 2.31. The summed E-state index contributed by atoms with van der Waals surface area (Å²) in [4.78, 5) is 3.20. The van der Waals surface area contributed by atoms with Gasteiger partial charge in [-0.15, -0.1) is 0 Å². The van der Waals surface area contributed by atoms with E-state index < -0.39 is 11.9 Å². The predicted octanol–water partition coefficient (Wildman–Crippen LogP) is 1.97. The molecule has 1 aromatic heterocycles. The normalized spacial score (nSPS) is 11.3. The van der Waals surface area contributed by atoms with Crippen LogP contribution in [0.5, 0.6) is 0 Å². The number of halogens is 3. The fourth-order valence-corrected chi connectivity index (χ4v) is 0.686. The molecular formula is C7H6F3N2. The fourth-order valence-electron chi connectivity index (χ4n) is 0.686. The maximum absolute atomic E-state index is 11.9. The molecule has 2 nitrogen and oxygen atoms in total. The smallest absolute Gasteiger partial charge is 0.287 e. The molecule has 12 heavy (non-hydrogen) atoms. The van der Waals surface area contributed by atoms with E-state index in [1.165, 1.54) is 13.1 Å². The van der Waals surface area contributed by atoms with Crippen LogP contribution in [0.2, 0.25) is 0 Å². The van der Waals surface area contributed by atoms with Gasteiger partial charge in [-0.3, -0.25) is 5.32 Å². The Morgan fingerprint density at radius 2 is 2.00 bits per heavy atom. The number of rotatable bonds is 1. The summed E-state index contributed by atoms with van der Waals surface area (Å²) in [6, 6.07) is 2.18. The number of hydrogen-bond acceptors (Lipinski definition) is 1. The zero-order chi connectivity index (χ0) is 9.19. The van der Waals surface area contributed by atoms with Gasteiger partial charge in [-0.25, -0.2) is 4.98 Å². The molecule has 0 aliphatic carbocycles. The molecule has 1 aromatic rings. The Labute approximate surface area is 67.4 Å². The average molecular weight is 175 g/mol. The third-order valence-electron chi connectivity index (χ3n) is 1.30. The van der Waals surface area contributed by atoms with Crippen LogP contribution in [-0.4, -0.2) is 12.0 Å². The summed E-state index contributed by atoms with van der Waals surface area (Å²) in [5.74, 6) is 0. The van der Waals surface area contributed by atoms with Crippen LogP contribution in [0.4, 0.5) is 18.9 Å². The van der Waals surface area contributed by atoms with E-state index in [1.54, 1.807) is 0 Å². The van der Waals surface area contributed by atoms with Crippen LogP contribution in [-0.2, 0) is 6.18 Å². The molecule has 0 aliphatic heterocycles. The Hall–Kier alpha value is -1.26. The van der Waals surface area contributed by atoms with E-state index in [0.717, 1.165) is 12.3 Å². The number of pyridine rings is 1. The molecule has 0 unspecified atom stereocenters. The monoisotopic (exact) mass is 175 g/mol. The van der Waals surface area contributed by atoms with E-state index in [-0.39, 0.29) is 0 Å². The van der Waals surface area contributed by atoms with E-state index in [0.29, 0.717) is 5.69 Å². The largest absolute Gasteiger partial charge is 0.433 e. The van der Waals surface area contributed by atoms with E-state index in [4.69, 9.17) is 0 Å². The molecule has 0 saturated carbocycles. The average Bonchev–Trinajstić information content (AvgIpc) is 2.03. The second-order valence-electron chi connectivity index (χ2n) is 2.12. The van der Waals surface area contributed by atoms with Gasteiger partial charge >= 0.3 is 6.18 Å². The second kappa shape index (κ2) is 3.00. The van der Waals surface area contributed by atoms with Crippen LogP contribution in [0.1, 0.15) is 5.69 Å². The summed E-state index contributed by atoms with van der Waals surface area (Å²) >= 11 is 0. The van der Waals surface area contributed by atoms with Crippen molar-refractivity contribution in [2.45, 2.75) is 6.18 Å². The van der Waals surface area contributed by atoms with Crippen molar-refractivity contribution in [2.24, 2.45) is 0 Å². The van der Waals surface area contributed by atoms with E-state index >= 15 is 0 Å². The first-order valence-corrected chi connectivity index (χ1v) is 3.17. The highest BCUT2D eigenvalue weighted by molar-refractivity contribution is 5.32. The molecule has 0 atom stereocenters. The van der Waals surface area contributed by atoms with Crippen LogP contribution in [0.3, 0.4) is 0 Å². The summed E-state index contributed by atoms with van der Waals surface area (Å²) in [6.07, 6.45) is -3.28. The van der Waals surface area contributed by atoms with Crippen LogP contribution in [0.15, 0.2) is 18.3 Å². The van der Waals surface area contributed by atoms with Crippen LogP contribution in [0, 0.1) is 0 Å². The molecule has 1 heterocycles. The predicted molar refractivity (Wildman–Crippen MR) is 37.0 cm³/mol. The molecule has 0 spiro atoms. The Morgan fingerprint density at radius 1 is 1.33 bits per heavy atom. The maximum atomic E-state index is 11.9. The lowest BCUT2D eigenvalue weighted by Crippen LogP contribution is -2.07. The van der Waals surface area contributed by atoms with Crippen molar-refractivity contribution in [1.29, 1.82) is 0 Å². The molecule has 65 valence electrons. The van der Waals surface area contributed by atoms with E-state index in [2.05, 4.69) is 10.3 Å². The minimum absolute atomic E-state index is 0.433. The van der Waals surface area contributed by atoms with Gasteiger partial charge in [0, 0.05) is 7.05 Å². The van der Waals surface area contributed by atoms with Gasteiger partial charge in [0.05, 0.1) is 11.9 Å². The lowest BCUT2D eigenvalue weighted by atomic mass is 10.3. The molecule has 0 aliphatic rings. The molecule has 0 aromatic carbocycles. The minimum Gasteiger partial charge on any atom is -0.287 e. The van der Waals surface area contributed by atoms with Gasteiger partial charge < -0.3 is 0 Å². The molecule has 0 amide bonds. The third-order valence-corrected chi connectivity index (χ3v) is 1.30. The first-order chi connectivity index (χ1) is 5.54. The lowest BCUT2D eigenvalue weighted by molar-refractivity contribution is -0.141. The molecule has 5 heteroatoms. The zero-order valence-corrected chi connectivity index (χ0v) is 6.26. The molecule has 0 fully saturated rings. The van der Waals surface area contributed by atoms with Crippen LogP contribution >= 0.6 is 0 Å². The first-order valence-electron chi connectivity index (χ1n) is 3.17. The van der Waals surface area contributed by atoms with E-state index in [1.807, 2.05) is 0 Å². The molecule has 1 rings (SSSR count). The van der Waals surface area contributed by atoms with Gasteiger partial charge in [0.25, 0.3) is 0 Å². The van der Waals surface area contributed by atoms with E-state index in [9.17, 15) is 13.2 Å². The lowest BCUT2D eigenvalue weighted by Gasteiger charge is -2.04. The number of aromatic nitrogens is 1. The van der Waals surface area contributed by atoms with Gasteiger partial charge in [-0.1, -0.05) is 0 Å². The summed E-state index contributed by atoms with van der Waals surface area (Å²) in [6.45, 7) is 0. The zero-order valence-electron chi connectivity index (χ0n) is 6.26. The molecule has 0 saturated heterocycles. The summed E-state index contributed by atoms with van der Waals surface area (Å²) < 4.78 is 35.8. The van der Waals surface area contributed by atoms with Crippen molar-refractivity contribution in [3.8, 4) is 0 Å². The quantitative estimate of drug-likeness (QED) is 0.641. The standard InChI is InChI=1S/C7H6F3N2/c1-11-5-2-3-6(12-4-5)7(8,9)10/h2-4H,1H3. The molecule has 0 bridgehead atoms.